The summed E-state index contributed by atoms with van der Waals surface area (Å²) >= 11 is 0. The Morgan fingerprint density at radius 1 is 1.26 bits per heavy atom. The third-order valence-electron chi connectivity index (χ3n) is 4.59. The van der Waals surface area contributed by atoms with E-state index in [1.165, 1.54) is 42.6 Å². The summed E-state index contributed by atoms with van der Waals surface area (Å²) in [5.74, 6) is 2.59. The van der Waals surface area contributed by atoms with Gasteiger partial charge in [0.2, 0.25) is 0 Å². The topological polar surface area (TPSA) is 37.8 Å². The third kappa shape index (κ3) is 2.66. The van der Waals surface area contributed by atoms with Crippen LogP contribution in [0.1, 0.15) is 68.2 Å². The molecule has 2 atom stereocenters. The number of nitrogens with one attached hydrogen (secondary N) is 1. The monoisotopic (exact) mass is 259 g/mol. The molecule has 0 radical (unpaired) electrons. The van der Waals surface area contributed by atoms with Crippen LogP contribution >= 0.6 is 0 Å². The molecule has 3 rings (SSSR count). The average molecular weight is 259 g/mol. The van der Waals surface area contributed by atoms with Crippen molar-refractivity contribution < 1.29 is 0 Å². The number of rotatable bonds is 3. The van der Waals surface area contributed by atoms with E-state index < -0.39 is 0 Å². The van der Waals surface area contributed by atoms with E-state index in [-0.39, 0.29) is 0 Å². The van der Waals surface area contributed by atoms with Gasteiger partial charge in [0.1, 0.15) is 5.82 Å². The van der Waals surface area contributed by atoms with E-state index in [0.29, 0.717) is 5.92 Å². The molecule has 1 aliphatic heterocycles. The fourth-order valence-corrected chi connectivity index (χ4v) is 3.53. The smallest absolute Gasteiger partial charge is 0.132 e. The van der Waals surface area contributed by atoms with Crippen LogP contribution in [-0.2, 0) is 19.4 Å². The van der Waals surface area contributed by atoms with Gasteiger partial charge in [-0.05, 0) is 50.1 Å². The highest BCUT2D eigenvalue weighted by atomic mass is 15.0. The first-order valence-electron chi connectivity index (χ1n) is 7.87. The fraction of sp³-hybridized carbons (Fsp3) is 0.750. The van der Waals surface area contributed by atoms with E-state index >= 15 is 0 Å². The SMILES string of the molecule is CCCc1nc(C2CCC(C)C2)nc2c1CCNC2. The fourth-order valence-electron chi connectivity index (χ4n) is 3.53. The third-order valence-corrected chi connectivity index (χ3v) is 4.59. The summed E-state index contributed by atoms with van der Waals surface area (Å²) in [5, 5.41) is 3.45. The molecule has 1 aromatic rings. The molecule has 2 unspecified atom stereocenters. The Kier molecular flexibility index (Phi) is 3.83. The summed E-state index contributed by atoms with van der Waals surface area (Å²) in [6.07, 6.45) is 7.28. The van der Waals surface area contributed by atoms with Gasteiger partial charge in [-0.15, -0.1) is 0 Å². The normalized spacial score (nSPS) is 26.4. The lowest BCUT2D eigenvalue weighted by Gasteiger charge is -2.21. The number of hydrogen-bond acceptors (Lipinski definition) is 3. The number of nitrogens with zero attached hydrogens (tertiary/aromatic N) is 2. The summed E-state index contributed by atoms with van der Waals surface area (Å²) < 4.78 is 0. The van der Waals surface area contributed by atoms with E-state index in [4.69, 9.17) is 9.97 Å². The zero-order valence-electron chi connectivity index (χ0n) is 12.2. The molecule has 0 saturated heterocycles. The molecule has 1 aromatic heterocycles. The molecule has 3 nitrogen and oxygen atoms in total. The molecule has 3 heteroatoms. The summed E-state index contributed by atoms with van der Waals surface area (Å²) in [6.45, 7) is 6.61. The van der Waals surface area contributed by atoms with Gasteiger partial charge in [-0.1, -0.05) is 20.3 Å². The molecule has 0 amide bonds. The van der Waals surface area contributed by atoms with Gasteiger partial charge in [0.25, 0.3) is 0 Å². The van der Waals surface area contributed by atoms with Gasteiger partial charge in [-0.3, -0.25) is 0 Å². The minimum atomic E-state index is 0.609. The highest BCUT2D eigenvalue weighted by Gasteiger charge is 2.27. The van der Waals surface area contributed by atoms with Crippen molar-refractivity contribution >= 4 is 0 Å². The van der Waals surface area contributed by atoms with Crippen LogP contribution in [0.15, 0.2) is 0 Å². The highest BCUT2D eigenvalue weighted by Crippen LogP contribution is 2.37. The molecule has 2 heterocycles. The summed E-state index contributed by atoms with van der Waals surface area (Å²) in [7, 11) is 0. The molecule has 2 aliphatic rings. The Bertz CT molecular complexity index is 456. The van der Waals surface area contributed by atoms with Gasteiger partial charge in [-0.2, -0.15) is 0 Å². The number of aryl methyl sites for hydroxylation is 1. The van der Waals surface area contributed by atoms with E-state index in [1.54, 1.807) is 0 Å². The van der Waals surface area contributed by atoms with Crippen molar-refractivity contribution in [2.75, 3.05) is 6.54 Å². The molecule has 104 valence electrons. The lowest BCUT2D eigenvalue weighted by Crippen LogP contribution is -2.27. The van der Waals surface area contributed by atoms with Crippen molar-refractivity contribution in [2.45, 2.75) is 64.8 Å². The summed E-state index contributed by atoms with van der Waals surface area (Å²) in [6, 6.07) is 0. The van der Waals surface area contributed by atoms with E-state index in [1.807, 2.05) is 0 Å². The Morgan fingerprint density at radius 2 is 2.16 bits per heavy atom. The second-order valence-corrected chi connectivity index (χ2v) is 6.25. The van der Waals surface area contributed by atoms with Gasteiger partial charge in [0.15, 0.2) is 0 Å². The van der Waals surface area contributed by atoms with Crippen LogP contribution in [-0.4, -0.2) is 16.5 Å². The van der Waals surface area contributed by atoms with E-state index in [0.717, 1.165) is 37.7 Å². The minimum absolute atomic E-state index is 0.609. The minimum Gasteiger partial charge on any atom is -0.311 e. The van der Waals surface area contributed by atoms with Crippen LogP contribution in [0.5, 0.6) is 0 Å². The van der Waals surface area contributed by atoms with Crippen LogP contribution in [0.25, 0.3) is 0 Å². The van der Waals surface area contributed by atoms with Gasteiger partial charge in [0.05, 0.1) is 5.69 Å². The lowest BCUT2D eigenvalue weighted by atomic mass is 9.99. The van der Waals surface area contributed by atoms with E-state index in [2.05, 4.69) is 19.2 Å². The lowest BCUT2D eigenvalue weighted by molar-refractivity contribution is 0.564. The molecular formula is C16H25N3. The van der Waals surface area contributed by atoms with Crippen molar-refractivity contribution in [1.82, 2.24) is 15.3 Å². The van der Waals surface area contributed by atoms with Crippen molar-refractivity contribution in [2.24, 2.45) is 5.92 Å². The molecule has 1 N–H and O–H groups in total. The summed E-state index contributed by atoms with van der Waals surface area (Å²) in [5.41, 5.74) is 4.05. The van der Waals surface area contributed by atoms with Gasteiger partial charge in [0, 0.05) is 18.2 Å². The second kappa shape index (κ2) is 5.58. The Morgan fingerprint density at radius 3 is 2.89 bits per heavy atom. The van der Waals surface area contributed by atoms with Gasteiger partial charge >= 0.3 is 0 Å². The highest BCUT2D eigenvalue weighted by molar-refractivity contribution is 5.29. The largest absolute Gasteiger partial charge is 0.311 e. The standard InChI is InChI=1S/C16H25N3/c1-3-4-14-13-7-8-17-10-15(13)19-16(18-14)12-6-5-11(2)9-12/h11-12,17H,3-10H2,1-2H3. The van der Waals surface area contributed by atoms with Crippen LogP contribution in [0.2, 0.25) is 0 Å². The Balaban J connectivity index is 1.94. The molecular weight excluding hydrogens is 234 g/mol. The first kappa shape index (κ1) is 13.0. The number of aromatic nitrogens is 2. The first-order chi connectivity index (χ1) is 9.28. The van der Waals surface area contributed by atoms with Crippen molar-refractivity contribution in [3.63, 3.8) is 0 Å². The van der Waals surface area contributed by atoms with Gasteiger partial charge in [-0.25, -0.2) is 9.97 Å². The number of hydrogen-bond donors (Lipinski definition) is 1. The maximum Gasteiger partial charge on any atom is 0.132 e. The molecule has 0 bridgehead atoms. The zero-order valence-corrected chi connectivity index (χ0v) is 12.2. The summed E-state index contributed by atoms with van der Waals surface area (Å²) in [4.78, 5) is 9.85. The second-order valence-electron chi connectivity index (χ2n) is 6.25. The van der Waals surface area contributed by atoms with Crippen LogP contribution in [0, 0.1) is 5.92 Å². The maximum atomic E-state index is 4.95. The van der Waals surface area contributed by atoms with E-state index in [9.17, 15) is 0 Å². The molecule has 0 spiro atoms. The predicted molar refractivity (Wildman–Crippen MR) is 77.2 cm³/mol. The van der Waals surface area contributed by atoms with Gasteiger partial charge < -0.3 is 5.32 Å². The van der Waals surface area contributed by atoms with Crippen molar-refractivity contribution in [3.8, 4) is 0 Å². The molecule has 0 aromatic carbocycles. The van der Waals surface area contributed by atoms with Crippen molar-refractivity contribution in [1.29, 1.82) is 0 Å². The Hall–Kier alpha value is -0.960. The molecule has 19 heavy (non-hydrogen) atoms. The quantitative estimate of drug-likeness (QED) is 0.907. The van der Waals surface area contributed by atoms with Crippen LogP contribution in [0.3, 0.4) is 0 Å². The van der Waals surface area contributed by atoms with Crippen LogP contribution < -0.4 is 5.32 Å². The molecule has 1 fully saturated rings. The average Bonchev–Trinajstić information content (AvgIpc) is 2.86. The maximum absolute atomic E-state index is 4.95. The molecule has 1 aliphatic carbocycles. The Labute approximate surface area is 116 Å². The van der Waals surface area contributed by atoms with Crippen LogP contribution in [0.4, 0.5) is 0 Å². The first-order valence-corrected chi connectivity index (χ1v) is 7.87. The molecule has 1 saturated carbocycles. The number of fused-ring (bicyclic) bond motifs is 1. The zero-order chi connectivity index (χ0) is 13.2. The predicted octanol–water partition coefficient (Wildman–Crippen LogP) is 2.98. The van der Waals surface area contributed by atoms with Crippen molar-refractivity contribution in [3.05, 3.63) is 22.8 Å².